The first-order valence-electron chi connectivity index (χ1n) is 10.1. The van der Waals surface area contributed by atoms with Gasteiger partial charge in [0.2, 0.25) is 0 Å². The second-order valence-corrected chi connectivity index (χ2v) is 8.32. The van der Waals surface area contributed by atoms with Crippen LogP contribution in [0.15, 0.2) is 65.7 Å². The van der Waals surface area contributed by atoms with Crippen molar-refractivity contribution in [3.05, 3.63) is 82.4 Å². The molecule has 7 nitrogen and oxygen atoms in total. The topological polar surface area (TPSA) is 71.8 Å². The summed E-state index contributed by atoms with van der Waals surface area (Å²) >= 11 is 1.72. The minimum Gasteiger partial charge on any atom is -0.489 e. The van der Waals surface area contributed by atoms with E-state index in [2.05, 4.69) is 56.3 Å². The van der Waals surface area contributed by atoms with Crippen LogP contribution in [-0.4, -0.2) is 45.1 Å². The highest BCUT2D eigenvalue weighted by Gasteiger charge is 2.15. The molecule has 1 aromatic carbocycles. The molecule has 0 spiro atoms. The summed E-state index contributed by atoms with van der Waals surface area (Å²) in [5.41, 5.74) is 3.49. The van der Waals surface area contributed by atoms with Crippen LogP contribution in [0.3, 0.4) is 0 Å². The molecule has 0 aliphatic rings. The molecule has 0 aliphatic carbocycles. The van der Waals surface area contributed by atoms with E-state index < -0.39 is 0 Å². The van der Waals surface area contributed by atoms with E-state index in [9.17, 15) is 4.79 Å². The molecule has 0 aliphatic heterocycles. The number of fused-ring (bicyclic) bond motifs is 1. The number of thiophene rings is 1. The predicted molar refractivity (Wildman–Crippen MR) is 121 cm³/mol. The van der Waals surface area contributed by atoms with Crippen molar-refractivity contribution in [2.24, 2.45) is 0 Å². The molecule has 160 valence electrons. The van der Waals surface area contributed by atoms with Gasteiger partial charge in [-0.25, -0.2) is 9.50 Å². The average Bonchev–Trinajstić information content (AvgIpc) is 3.42. The molecule has 0 saturated heterocycles. The van der Waals surface area contributed by atoms with E-state index in [0.29, 0.717) is 17.8 Å². The van der Waals surface area contributed by atoms with Crippen molar-refractivity contribution >= 4 is 22.9 Å². The summed E-state index contributed by atoms with van der Waals surface area (Å²) in [5, 5.41) is 11.3. The molecule has 4 rings (SSSR count). The smallest absolute Gasteiger partial charge is 0.256 e. The number of hydrogen-bond donors (Lipinski definition) is 1. The molecule has 31 heavy (non-hydrogen) atoms. The molecule has 0 bridgehead atoms. The lowest BCUT2D eigenvalue weighted by molar-refractivity contribution is 0.0933. The van der Waals surface area contributed by atoms with Crippen molar-refractivity contribution in [3.63, 3.8) is 0 Å². The SMILES string of the molecule is CC(CNC(=O)c1cnn2cccnc12)Oc1cccc(CN(C)Cc2ccsc2)c1. The van der Waals surface area contributed by atoms with Crippen molar-refractivity contribution in [3.8, 4) is 5.75 Å². The number of nitrogens with one attached hydrogen (secondary N) is 1. The first-order chi connectivity index (χ1) is 15.1. The van der Waals surface area contributed by atoms with Gasteiger partial charge in [0.05, 0.1) is 12.7 Å². The Morgan fingerprint density at radius 1 is 1.26 bits per heavy atom. The number of aromatic nitrogens is 3. The molecule has 1 amide bonds. The van der Waals surface area contributed by atoms with Gasteiger partial charge in [-0.1, -0.05) is 12.1 Å². The molecule has 0 fully saturated rings. The number of amides is 1. The number of rotatable bonds is 9. The van der Waals surface area contributed by atoms with Crippen molar-refractivity contribution in [1.82, 2.24) is 24.8 Å². The number of carbonyl (C=O) groups excluding carboxylic acids is 1. The Bertz CT molecular complexity index is 1140. The van der Waals surface area contributed by atoms with Crippen LogP contribution >= 0.6 is 11.3 Å². The zero-order chi connectivity index (χ0) is 21.6. The molecule has 0 saturated carbocycles. The van der Waals surface area contributed by atoms with E-state index in [4.69, 9.17) is 4.74 Å². The number of nitrogens with zero attached hydrogens (tertiary/aromatic N) is 4. The monoisotopic (exact) mass is 435 g/mol. The van der Waals surface area contributed by atoms with Gasteiger partial charge in [0.1, 0.15) is 17.4 Å². The summed E-state index contributed by atoms with van der Waals surface area (Å²) in [7, 11) is 2.11. The molecule has 1 unspecified atom stereocenters. The summed E-state index contributed by atoms with van der Waals surface area (Å²) in [6.45, 7) is 4.06. The largest absolute Gasteiger partial charge is 0.489 e. The van der Waals surface area contributed by atoms with Gasteiger partial charge in [0.15, 0.2) is 5.65 Å². The lowest BCUT2D eigenvalue weighted by Gasteiger charge is -2.18. The highest BCUT2D eigenvalue weighted by atomic mass is 32.1. The van der Waals surface area contributed by atoms with E-state index >= 15 is 0 Å². The van der Waals surface area contributed by atoms with Crippen molar-refractivity contribution in [2.45, 2.75) is 26.1 Å². The fourth-order valence-electron chi connectivity index (χ4n) is 3.37. The van der Waals surface area contributed by atoms with Gasteiger partial charge in [0, 0.05) is 25.5 Å². The van der Waals surface area contributed by atoms with Crippen LogP contribution in [0.25, 0.3) is 5.65 Å². The first-order valence-corrected chi connectivity index (χ1v) is 11.0. The van der Waals surface area contributed by atoms with E-state index in [1.54, 1.807) is 34.3 Å². The van der Waals surface area contributed by atoms with Gasteiger partial charge in [0.25, 0.3) is 5.91 Å². The standard InChI is InChI=1S/C23H25N5O2S/c1-17(12-25-23(29)21-13-26-28-9-4-8-24-22(21)28)30-20-6-3-5-18(11-20)14-27(2)15-19-7-10-31-16-19/h3-11,13,16-17H,12,14-15H2,1-2H3,(H,25,29). The van der Waals surface area contributed by atoms with E-state index in [0.717, 1.165) is 18.8 Å². The molecule has 8 heteroatoms. The molecule has 1 N–H and O–H groups in total. The molecular weight excluding hydrogens is 410 g/mol. The maximum Gasteiger partial charge on any atom is 0.256 e. The molecular formula is C23H25N5O2S. The Kier molecular flexibility index (Phi) is 6.59. The Hall–Kier alpha value is -3.23. The van der Waals surface area contributed by atoms with Crippen LogP contribution < -0.4 is 10.1 Å². The lowest BCUT2D eigenvalue weighted by atomic mass is 10.2. The molecule has 4 aromatic rings. The third kappa shape index (κ3) is 5.48. The van der Waals surface area contributed by atoms with Crippen LogP contribution in [0.2, 0.25) is 0 Å². The van der Waals surface area contributed by atoms with E-state index in [1.807, 2.05) is 19.1 Å². The third-order valence-electron chi connectivity index (χ3n) is 4.79. The fourth-order valence-corrected chi connectivity index (χ4v) is 4.03. The Labute approximate surface area is 185 Å². The average molecular weight is 436 g/mol. The minimum absolute atomic E-state index is 0.183. The first kappa shape index (κ1) is 21.0. The summed E-state index contributed by atoms with van der Waals surface area (Å²) in [5.74, 6) is 0.578. The highest BCUT2D eigenvalue weighted by Crippen LogP contribution is 2.17. The maximum atomic E-state index is 12.5. The zero-order valence-corrected chi connectivity index (χ0v) is 18.4. The number of ether oxygens (including phenoxy) is 1. The van der Waals surface area contributed by atoms with E-state index in [1.165, 1.54) is 17.3 Å². The summed E-state index contributed by atoms with van der Waals surface area (Å²) in [6.07, 6.45) is 4.75. The van der Waals surface area contributed by atoms with Crippen molar-refractivity contribution in [1.29, 1.82) is 0 Å². The van der Waals surface area contributed by atoms with E-state index in [-0.39, 0.29) is 12.0 Å². The zero-order valence-electron chi connectivity index (χ0n) is 17.6. The molecule has 0 radical (unpaired) electrons. The maximum absolute atomic E-state index is 12.5. The Balaban J connectivity index is 1.29. The van der Waals surface area contributed by atoms with Crippen molar-refractivity contribution in [2.75, 3.05) is 13.6 Å². The van der Waals surface area contributed by atoms with Gasteiger partial charge in [-0.15, -0.1) is 0 Å². The molecule has 3 aromatic heterocycles. The fraction of sp³-hybridized carbons (Fsp3) is 0.261. The summed E-state index contributed by atoms with van der Waals surface area (Å²) in [6, 6.07) is 12.0. The molecule has 1 atom stereocenters. The van der Waals surface area contributed by atoms with Crippen molar-refractivity contribution < 1.29 is 9.53 Å². The van der Waals surface area contributed by atoms with Gasteiger partial charge in [-0.2, -0.15) is 16.4 Å². The number of carbonyl (C=O) groups is 1. The second kappa shape index (κ2) is 9.72. The van der Waals surface area contributed by atoms with Crippen LogP contribution in [0, 0.1) is 0 Å². The van der Waals surface area contributed by atoms with Crippen LogP contribution in [0.4, 0.5) is 0 Å². The van der Waals surface area contributed by atoms with Crippen LogP contribution in [-0.2, 0) is 13.1 Å². The predicted octanol–water partition coefficient (Wildman–Crippen LogP) is 3.62. The lowest BCUT2D eigenvalue weighted by Crippen LogP contribution is -2.33. The van der Waals surface area contributed by atoms with Gasteiger partial charge in [-0.3, -0.25) is 9.69 Å². The Morgan fingerprint density at radius 3 is 2.97 bits per heavy atom. The number of benzene rings is 1. The molecule has 3 heterocycles. The minimum atomic E-state index is -0.215. The summed E-state index contributed by atoms with van der Waals surface area (Å²) in [4.78, 5) is 19.0. The normalized spacial score (nSPS) is 12.2. The highest BCUT2D eigenvalue weighted by molar-refractivity contribution is 7.07. The van der Waals surface area contributed by atoms with Gasteiger partial charge < -0.3 is 10.1 Å². The van der Waals surface area contributed by atoms with Crippen LogP contribution in [0.1, 0.15) is 28.4 Å². The number of hydrogen-bond acceptors (Lipinski definition) is 6. The Morgan fingerprint density at radius 2 is 2.13 bits per heavy atom. The van der Waals surface area contributed by atoms with Crippen LogP contribution in [0.5, 0.6) is 5.75 Å². The third-order valence-corrected chi connectivity index (χ3v) is 5.53. The van der Waals surface area contributed by atoms with Gasteiger partial charge in [-0.05, 0) is 60.1 Å². The quantitative estimate of drug-likeness (QED) is 0.435. The van der Waals surface area contributed by atoms with Gasteiger partial charge >= 0.3 is 0 Å². The second-order valence-electron chi connectivity index (χ2n) is 7.54. The summed E-state index contributed by atoms with van der Waals surface area (Å²) < 4.78 is 7.61.